The molecule has 0 aliphatic carbocycles. The Morgan fingerprint density at radius 3 is 2.50 bits per heavy atom. The molecule has 104 valence electrons. The minimum absolute atomic E-state index is 0.175. The average molecular weight is 273 g/mol. The van der Waals surface area contributed by atoms with Crippen LogP contribution < -0.4 is 10.1 Å². The van der Waals surface area contributed by atoms with E-state index in [1.807, 2.05) is 6.92 Å². The van der Waals surface area contributed by atoms with Gasteiger partial charge in [-0.05, 0) is 55.8 Å². The van der Waals surface area contributed by atoms with Crippen molar-refractivity contribution in [3.63, 3.8) is 0 Å². The summed E-state index contributed by atoms with van der Waals surface area (Å²) in [6.45, 7) is 4.25. The van der Waals surface area contributed by atoms with Crippen LogP contribution in [0.1, 0.15) is 22.8 Å². The van der Waals surface area contributed by atoms with Crippen LogP contribution >= 0.6 is 0 Å². The molecule has 0 unspecified atom stereocenters. The minimum Gasteiger partial charge on any atom is -0.494 e. The maximum Gasteiger partial charge on any atom is 0.255 e. The fourth-order valence-corrected chi connectivity index (χ4v) is 1.79. The second-order valence-corrected chi connectivity index (χ2v) is 4.39. The fraction of sp³-hybridized carbons (Fsp3) is 0.188. The van der Waals surface area contributed by atoms with Crippen molar-refractivity contribution in [1.82, 2.24) is 0 Å². The van der Waals surface area contributed by atoms with Crippen molar-refractivity contribution in [2.75, 3.05) is 11.9 Å². The molecule has 0 atom stereocenters. The molecule has 3 nitrogen and oxygen atoms in total. The third-order valence-corrected chi connectivity index (χ3v) is 2.80. The highest BCUT2D eigenvalue weighted by Gasteiger charge is 2.09. The van der Waals surface area contributed by atoms with Gasteiger partial charge in [-0.2, -0.15) is 0 Å². The van der Waals surface area contributed by atoms with Crippen LogP contribution in [-0.4, -0.2) is 12.5 Å². The highest BCUT2D eigenvalue weighted by molar-refractivity contribution is 6.04. The largest absolute Gasteiger partial charge is 0.494 e. The molecule has 4 heteroatoms. The number of rotatable bonds is 4. The number of aryl methyl sites for hydroxylation is 1. The van der Waals surface area contributed by atoms with Gasteiger partial charge < -0.3 is 10.1 Å². The van der Waals surface area contributed by atoms with Crippen LogP contribution in [0.4, 0.5) is 10.1 Å². The third-order valence-electron chi connectivity index (χ3n) is 2.80. The van der Waals surface area contributed by atoms with Crippen molar-refractivity contribution >= 4 is 11.6 Å². The van der Waals surface area contributed by atoms with Gasteiger partial charge in [0.25, 0.3) is 5.91 Å². The number of anilines is 1. The van der Waals surface area contributed by atoms with Crippen molar-refractivity contribution in [3.8, 4) is 5.75 Å². The summed E-state index contributed by atoms with van der Waals surface area (Å²) >= 11 is 0. The molecular weight excluding hydrogens is 257 g/mol. The van der Waals surface area contributed by atoms with Gasteiger partial charge in [0.15, 0.2) is 0 Å². The van der Waals surface area contributed by atoms with Gasteiger partial charge in [0.2, 0.25) is 0 Å². The topological polar surface area (TPSA) is 38.3 Å². The van der Waals surface area contributed by atoms with Crippen LogP contribution in [0.3, 0.4) is 0 Å². The van der Waals surface area contributed by atoms with Gasteiger partial charge >= 0.3 is 0 Å². The summed E-state index contributed by atoms with van der Waals surface area (Å²) in [5, 5.41) is 2.55. The van der Waals surface area contributed by atoms with E-state index < -0.39 is 5.82 Å². The molecule has 0 saturated heterocycles. The summed E-state index contributed by atoms with van der Waals surface area (Å²) in [6, 6.07) is 11.4. The number of benzene rings is 2. The SMILES string of the molecule is CCOc1ccc(C(=O)Nc2ccc(C)cc2F)cc1. The first kappa shape index (κ1) is 14.1. The Balaban J connectivity index is 2.11. The number of ether oxygens (including phenoxy) is 1. The zero-order valence-electron chi connectivity index (χ0n) is 11.4. The van der Waals surface area contributed by atoms with Gasteiger partial charge in [-0.1, -0.05) is 6.07 Å². The third kappa shape index (κ3) is 3.35. The lowest BCUT2D eigenvalue weighted by atomic mass is 10.2. The zero-order valence-corrected chi connectivity index (χ0v) is 11.4. The summed E-state index contributed by atoms with van der Waals surface area (Å²) < 4.78 is 19.0. The van der Waals surface area contributed by atoms with E-state index >= 15 is 0 Å². The van der Waals surface area contributed by atoms with Crippen molar-refractivity contribution in [2.45, 2.75) is 13.8 Å². The Morgan fingerprint density at radius 2 is 1.90 bits per heavy atom. The Morgan fingerprint density at radius 1 is 1.20 bits per heavy atom. The summed E-state index contributed by atoms with van der Waals surface area (Å²) in [7, 11) is 0. The van der Waals surface area contributed by atoms with Gasteiger partial charge in [0, 0.05) is 5.56 Å². The Kier molecular flexibility index (Phi) is 4.35. The van der Waals surface area contributed by atoms with Crippen LogP contribution in [0.15, 0.2) is 42.5 Å². The molecule has 20 heavy (non-hydrogen) atoms. The van der Waals surface area contributed by atoms with Gasteiger partial charge in [0.1, 0.15) is 11.6 Å². The van der Waals surface area contributed by atoms with Crippen LogP contribution in [0.5, 0.6) is 5.75 Å². The average Bonchev–Trinajstić information content (AvgIpc) is 2.43. The number of carbonyl (C=O) groups is 1. The molecule has 0 spiro atoms. The van der Waals surface area contributed by atoms with Crippen LogP contribution in [0, 0.1) is 12.7 Å². The molecule has 0 aromatic heterocycles. The lowest BCUT2D eigenvalue weighted by Gasteiger charge is -2.08. The lowest BCUT2D eigenvalue weighted by Crippen LogP contribution is -2.13. The molecule has 0 aliphatic heterocycles. The Labute approximate surface area is 117 Å². The molecule has 2 aromatic rings. The normalized spacial score (nSPS) is 10.2. The van der Waals surface area contributed by atoms with Gasteiger partial charge in [-0.3, -0.25) is 4.79 Å². The summed E-state index contributed by atoms with van der Waals surface area (Å²) in [4.78, 5) is 12.0. The van der Waals surface area contributed by atoms with E-state index in [4.69, 9.17) is 4.74 Å². The molecule has 1 N–H and O–H groups in total. The molecular formula is C16H16FNO2. The highest BCUT2D eigenvalue weighted by atomic mass is 19.1. The van der Waals surface area contributed by atoms with Crippen LogP contribution in [0.25, 0.3) is 0 Å². The smallest absolute Gasteiger partial charge is 0.255 e. The van der Waals surface area contributed by atoms with E-state index in [0.29, 0.717) is 17.9 Å². The maximum atomic E-state index is 13.7. The molecule has 0 heterocycles. The zero-order chi connectivity index (χ0) is 14.5. The predicted molar refractivity (Wildman–Crippen MR) is 76.7 cm³/mol. The van der Waals surface area contributed by atoms with Gasteiger partial charge in [-0.15, -0.1) is 0 Å². The van der Waals surface area contributed by atoms with E-state index in [1.165, 1.54) is 6.07 Å². The quantitative estimate of drug-likeness (QED) is 0.920. The maximum absolute atomic E-state index is 13.7. The lowest BCUT2D eigenvalue weighted by molar-refractivity contribution is 0.102. The molecule has 2 aromatic carbocycles. The molecule has 0 aliphatic rings. The van der Waals surface area contributed by atoms with Gasteiger partial charge in [0.05, 0.1) is 12.3 Å². The molecule has 0 fully saturated rings. The minimum atomic E-state index is -0.440. The van der Waals surface area contributed by atoms with Crippen molar-refractivity contribution in [1.29, 1.82) is 0 Å². The second kappa shape index (κ2) is 6.19. The van der Waals surface area contributed by atoms with Crippen molar-refractivity contribution in [2.24, 2.45) is 0 Å². The number of hydrogen-bond donors (Lipinski definition) is 1. The standard InChI is InChI=1S/C16H16FNO2/c1-3-20-13-7-5-12(6-8-13)16(19)18-15-9-4-11(2)10-14(15)17/h4-10H,3H2,1-2H3,(H,18,19). The summed E-state index contributed by atoms with van der Waals surface area (Å²) in [5.41, 5.74) is 1.43. The number of nitrogens with one attached hydrogen (secondary N) is 1. The van der Waals surface area contributed by atoms with E-state index in [1.54, 1.807) is 43.3 Å². The van der Waals surface area contributed by atoms with E-state index in [-0.39, 0.29) is 11.6 Å². The Hall–Kier alpha value is -2.36. The highest BCUT2D eigenvalue weighted by Crippen LogP contribution is 2.17. The number of carbonyl (C=O) groups excluding carboxylic acids is 1. The first-order chi connectivity index (χ1) is 9.60. The molecule has 2 rings (SSSR count). The second-order valence-electron chi connectivity index (χ2n) is 4.39. The van der Waals surface area contributed by atoms with Crippen molar-refractivity contribution < 1.29 is 13.9 Å². The number of halogens is 1. The predicted octanol–water partition coefficient (Wildman–Crippen LogP) is 3.79. The molecule has 0 radical (unpaired) electrons. The molecule has 1 amide bonds. The van der Waals surface area contributed by atoms with Crippen LogP contribution in [-0.2, 0) is 0 Å². The Bertz CT molecular complexity index is 608. The fourth-order valence-electron chi connectivity index (χ4n) is 1.79. The van der Waals surface area contributed by atoms with Crippen LogP contribution in [0.2, 0.25) is 0 Å². The first-order valence-corrected chi connectivity index (χ1v) is 6.40. The first-order valence-electron chi connectivity index (χ1n) is 6.40. The van der Waals surface area contributed by atoms with Crippen molar-refractivity contribution in [3.05, 3.63) is 59.4 Å². The summed E-state index contributed by atoms with van der Waals surface area (Å²) in [6.07, 6.45) is 0. The summed E-state index contributed by atoms with van der Waals surface area (Å²) in [5.74, 6) is -0.0920. The number of amides is 1. The van der Waals surface area contributed by atoms with E-state index in [0.717, 1.165) is 5.56 Å². The van der Waals surface area contributed by atoms with E-state index in [2.05, 4.69) is 5.32 Å². The monoisotopic (exact) mass is 273 g/mol. The van der Waals surface area contributed by atoms with Gasteiger partial charge in [-0.25, -0.2) is 4.39 Å². The van der Waals surface area contributed by atoms with E-state index in [9.17, 15) is 9.18 Å². The number of hydrogen-bond acceptors (Lipinski definition) is 2. The molecule has 0 saturated carbocycles. The molecule has 0 bridgehead atoms.